The molecule has 0 aliphatic carbocycles. The molecule has 0 unspecified atom stereocenters. The largest absolute Gasteiger partial charge is 0.497 e. The molecule has 0 radical (unpaired) electrons. The SMILES string of the molecule is COc1ccc(Cn2c[n+](Cc3ccc(OC)cc3)c3ccccc32)cc1. The topological polar surface area (TPSA) is 27.3 Å². The van der Waals surface area contributed by atoms with Gasteiger partial charge in [-0.3, -0.25) is 0 Å². The minimum atomic E-state index is 0.820. The van der Waals surface area contributed by atoms with Crippen molar-refractivity contribution in [1.82, 2.24) is 4.57 Å². The van der Waals surface area contributed by atoms with Gasteiger partial charge in [0.2, 0.25) is 6.33 Å². The Hall–Kier alpha value is -3.27. The van der Waals surface area contributed by atoms with Crippen LogP contribution in [-0.4, -0.2) is 18.8 Å². The van der Waals surface area contributed by atoms with E-state index >= 15 is 0 Å². The number of ether oxygens (including phenoxy) is 2. The smallest absolute Gasteiger partial charge is 0.245 e. The summed E-state index contributed by atoms with van der Waals surface area (Å²) in [6.45, 7) is 1.64. The molecule has 0 aliphatic rings. The van der Waals surface area contributed by atoms with Crippen LogP contribution in [0.15, 0.2) is 79.1 Å². The third-order valence-corrected chi connectivity index (χ3v) is 4.80. The molecule has 0 aliphatic heterocycles. The van der Waals surface area contributed by atoms with Crippen molar-refractivity contribution in [3.8, 4) is 11.5 Å². The molecular formula is C23H23N2O2+. The number of fused-ring (bicyclic) bond motifs is 1. The third kappa shape index (κ3) is 3.65. The molecule has 4 heteroatoms. The van der Waals surface area contributed by atoms with E-state index < -0.39 is 0 Å². The summed E-state index contributed by atoms with van der Waals surface area (Å²) in [7, 11) is 3.38. The summed E-state index contributed by atoms with van der Waals surface area (Å²) in [4.78, 5) is 0. The zero-order valence-corrected chi connectivity index (χ0v) is 15.6. The van der Waals surface area contributed by atoms with Gasteiger partial charge in [0, 0.05) is 0 Å². The molecule has 3 aromatic carbocycles. The zero-order chi connectivity index (χ0) is 18.6. The number of nitrogens with zero attached hydrogens (tertiary/aromatic N) is 2. The molecule has 0 spiro atoms. The van der Waals surface area contributed by atoms with Crippen molar-refractivity contribution in [1.29, 1.82) is 0 Å². The van der Waals surface area contributed by atoms with Crippen molar-refractivity contribution in [3.05, 3.63) is 90.3 Å². The van der Waals surface area contributed by atoms with Crippen molar-refractivity contribution in [3.63, 3.8) is 0 Å². The first kappa shape index (κ1) is 17.2. The van der Waals surface area contributed by atoms with Crippen LogP contribution in [-0.2, 0) is 13.1 Å². The van der Waals surface area contributed by atoms with Crippen molar-refractivity contribution in [2.75, 3.05) is 14.2 Å². The maximum atomic E-state index is 5.26. The van der Waals surface area contributed by atoms with Gasteiger partial charge in [-0.2, -0.15) is 0 Å². The Bertz CT molecular complexity index is 951. The summed E-state index contributed by atoms with van der Waals surface area (Å²) in [5, 5.41) is 0. The van der Waals surface area contributed by atoms with Crippen LogP contribution in [0.2, 0.25) is 0 Å². The monoisotopic (exact) mass is 359 g/mol. The van der Waals surface area contributed by atoms with Crippen LogP contribution in [0.5, 0.6) is 11.5 Å². The lowest BCUT2D eigenvalue weighted by Crippen LogP contribution is -2.32. The van der Waals surface area contributed by atoms with E-state index in [-0.39, 0.29) is 0 Å². The van der Waals surface area contributed by atoms with Gasteiger partial charge in [-0.25, -0.2) is 9.13 Å². The second kappa shape index (κ2) is 7.54. The van der Waals surface area contributed by atoms with Crippen LogP contribution in [0.25, 0.3) is 11.0 Å². The van der Waals surface area contributed by atoms with Crippen LogP contribution >= 0.6 is 0 Å². The highest BCUT2D eigenvalue weighted by Gasteiger charge is 2.16. The van der Waals surface area contributed by atoms with E-state index in [0.717, 1.165) is 24.6 Å². The molecule has 136 valence electrons. The lowest BCUT2D eigenvalue weighted by molar-refractivity contribution is -0.663. The van der Waals surface area contributed by atoms with Crippen LogP contribution < -0.4 is 14.0 Å². The van der Waals surface area contributed by atoms with E-state index in [1.165, 1.54) is 22.2 Å². The third-order valence-electron chi connectivity index (χ3n) is 4.80. The average Bonchev–Trinajstić information content (AvgIpc) is 3.06. The number of methoxy groups -OCH3 is 2. The second-order valence-electron chi connectivity index (χ2n) is 6.56. The summed E-state index contributed by atoms with van der Waals surface area (Å²) in [6, 6.07) is 25.0. The molecule has 4 aromatic rings. The fraction of sp³-hybridized carbons (Fsp3) is 0.174. The molecule has 4 rings (SSSR count). The van der Waals surface area contributed by atoms with E-state index in [0.29, 0.717) is 0 Å². The second-order valence-corrected chi connectivity index (χ2v) is 6.56. The number of imidazole rings is 1. The highest BCUT2D eigenvalue weighted by Crippen LogP contribution is 2.17. The lowest BCUT2D eigenvalue weighted by Gasteiger charge is -2.02. The molecule has 1 heterocycles. The molecule has 0 saturated carbocycles. The molecule has 0 fully saturated rings. The Kier molecular flexibility index (Phi) is 4.79. The van der Waals surface area contributed by atoms with E-state index in [1.54, 1.807) is 14.2 Å². The van der Waals surface area contributed by atoms with E-state index in [2.05, 4.69) is 64.0 Å². The lowest BCUT2D eigenvalue weighted by atomic mass is 10.2. The van der Waals surface area contributed by atoms with Crippen molar-refractivity contribution in [2.24, 2.45) is 0 Å². The molecule has 0 amide bonds. The Balaban J connectivity index is 1.65. The van der Waals surface area contributed by atoms with Gasteiger partial charge in [0.15, 0.2) is 11.0 Å². The molecule has 4 nitrogen and oxygen atoms in total. The summed E-state index contributed by atoms with van der Waals surface area (Å²) < 4.78 is 15.1. The fourth-order valence-electron chi connectivity index (χ4n) is 3.35. The Morgan fingerprint density at radius 3 is 1.96 bits per heavy atom. The standard InChI is InChI=1S/C23H23N2O2/c1-26-20-11-7-18(8-12-20)15-24-17-25(23-6-4-3-5-22(23)24)16-19-9-13-21(27-2)14-10-19/h3-14,17H,15-16H2,1-2H3/q+1. The zero-order valence-electron chi connectivity index (χ0n) is 15.6. The van der Waals surface area contributed by atoms with Gasteiger partial charge in [0.1, 0.15) is 24.6 Å². The van der Waals surface area contributed by atoms with Gasteiger partial charge in [0.25, 0.3) is 0 Å². The summed E-state index contributed by atoms with van der Waals surface area (Å²) in [5.41, 5.74) is 4.94. The fourth-order valence-corrected chi connectivity index (χ4v) is 3.35. The van der Waals surface area contributed by atoms with Crippen LogP contribution in [0, 0.1) is 0 Å². The first-order valence-electron chi connectivity index (χ1n) is 9.00. The predicted octanol–water partition coefficient (Wildman–Crippen LogP) is 4.04. The summed E-state index contributed by atoms with van der Waals surface area (Å²) in [6.07, 6.45) is 2.19. The number of aromatic nitrogens is 2. The molecule has 1 aromatic heterocycles. The Morgan fingerprint density at radius 1 is 0.741 bits per heavy atom. The maximum absolute atomic E-state index is 5.26. The summed E-state index contributed by atoms with van der Waals surface area (Å²) >= 11 is 0. The highest BCUT2D eigenvalue weighted by molar-refractivity contribution is 5.71. The van der Waals surface area contributed by atoms with Gasteiger partial charge in [-0.15, -0.1) is 0 Å². The van der Waals surface area contributed by atoms with E-state index in [1.807, 2.05) is 24.3 Å². The molecule has 27 heavy (non-hydrogen) atoms. The maximum Gasteiger partial charge on any atom is 0.245 e. The Labute approximate surface area is 159 Å². The highest BCUT2D eigenvalue weighted by atomic mass is 16.5. The van der Waals surface area contributed by atoms with Crippen molar-refractivity contribution >= 4 is 11.0 Å². The molecular weight excluding hydrogens is 336 g/mol. The van der Waals surface area contributed by atoms with Gasteiger partial charge in [-0.1, -0.05) is 36.4 Å². The molecule has 0 bridgehead atoms. The molecule has 0 N–H and O–H groups in total. The van der Waals surface area contributed by atoms with Gasteiger partial charge in [0.05, 0.1) is 14.2 Å². The van der Waals surface area contributed by atoms with Crippen LogP contribution in [0.4, 0.5) is 0 Å². The van der Waals surface area contributed by atoms with E-state index in [4.69, 9.17) is 9.47 Å². The number of hydrogen-bond donors (Lipinski definition) is 0. The van der Waals surface area contributed by atoms with Crippen molar-refractivity contribution < 1.29 is 14.0 Å². The first-order chi connectivity index (χ1) is 13.3. The average molecular weight is 359 g/mol. The predicted molar refractivity (Wildman–Crippen MR) is 106 cm³/mol. The molecule has 0 atom stereocenters. The Morgan fingerprint density at radius 2 is 1.33 bits per heavy atom. The van der Waals surface area contributed by atoms with Gasteiger partial charge >= 0.3 is 0 Å². The molecule has 0 saturated heterocycles. The normalized spacial score (nSPS) is 10.9. The van der Waals surface area contributed by atoms with Gasteiger partial charge < -0.3 is 9.47 Å². The number of benzene rings is 3. The quantitative estimate of drug-likeness (QED) is 0.486. The number of hydrogen-bond acceptors (Lipinski definition) is 2. The van der Waals surface area contributed by atoms with E-state index in [9.17, 15) is 0 Å². The van der Waals surface area contributed by atoms with Gasteiger partial charge in [-0.05, 0) is 47.5 Å². The number of para-hydroxylation sites is 2. The number of rotatable bonds is 6. The minimum Gasteiger partial charge on any atom is -0.497 e. The van der Waals surface area contributed by atoms with Crippen LogP contribution in [0.3, 0.4) is 0 Å². The minimum absolute atomic E-state index is 0.820. The first-order valence-corrected chi connectivity index (χ1v) is 9.00. The van der Waals surface area contributed by atoms with Crippen molar-refractivity contribution in [2.45, 2.75) is 13.1 Å². The summed E-state index contributed by atoms with van der Waals surface area (Å²) in [5.74, 6) is 1.76. The van der Waals surface area contributed by atoms with Crippen LogP contribution in [0.1, 0.15) is 11.1 Å².